The van der Waals surface area contributed by atoms with E-state index in [1.807, 2.05) is 13.8 Å². The third-order valence-electron chi connectivity index (χ3n) is 4.25. The Hall–Kier alpha value is -1.26. The molecular formula is C14H23N5OS. The Morgan fingerprint density at radius 2 is 2.43 bits per heavy atom. The molecule has 2 rings (SSSR count). The first-order valence-electron chi connectivity index (χ1n) is 7.61. The van der Waals surface area contributed by atoms with Crippen molar-refractivity contribution in [3.63, 3.8) is 0 Å². The molecule has 21 heavy (non-hydrogen) atoms. The first-order valence-corrected chi connectivity index (χ1v) is 8.59. The zero-order valence-corrected chi connectivity index (χ0v) is 13.5. The van der Waals surface area contributed by atoms with Crippen LogP contribution in [-0.2, 0) is 6.54 Å². The minimum atomic E-state index is -0.356. The van der Waals surface area contributed by atoms with Crippen molar-refractivity contribution >= 4 is 11.8 Å². The van der Waals surface area contributed by atoms with Crippen LogP contribution in [0.4, 0.5) is 0 Å². The molecule has 1 aromatic heterocycles. The molecule has 2 N–H and O–H groups in total. The molecule has 1 aromatic rings. The number of hydrogen-bond acceptors (Lipinski definition) is 5. The van der Waals surface area contributed by atoms with Crippen LogP contribution < -0.4 is 11.0 Å². The van der Waals surface area contributed by atoms with Gasteiger partial charge in [-0.25, -0.2) is 9.89 Å². The highest BCUT2D eigenvalue weighted by Gasteiger charge is 2.42. The monoisotopic (exact) mass is 309 g/mol. The van der Waals surface area contributed by atoms with Gasteiger partial charge in [-0.1, -0.05) is 25.1 Å². The summed E-state index contributed by atoms with van der Waals surface area (Å²) in [4.78, 5) is 11.5. The summed E-state index contributed by atoms with van der Waals surface area (Å²) < 4.78 is 1.64. The molecule has 1 aliphatic rings. The molecular weight excluding hydrogens is 286 g/mol. The number of rotatable bonds is 7. The fourth-order valence-corrected chi connectivity index (χ4v) is 4.25. The Morgan fingerprint density at radius 1 is 1.62 bits per heavy atom. The quantitative estimate of drug-likeness (QED) is 0.749. The summed E-state index contributed by atoms with van der Waals surface area (Å²) in [6.45, 7) is 5.43. The van der Waals surface area contributed by atoms with E-state index >= 15 is 0 Å². The average Bonchev–Trinajstić information content (AvgIpc) is 3.04. The molecule has 0 aliphatic heterocycles. The normalized spacial score (nSPS) is 25.1. The van der Waals surface area contributed by atoms with Crippen molar-refractivity contribution in [2.45, 2.75) is 56.8 Å². The topological polar surface area (TPSA) is 86.5 Å². The lowest BCUT2D eigenvalue weighted by Gasteiger charge is -2.29. The van der Waals surface area contributed by atoms with Gasteiger partial charge in [0.15, 0.2) is 5.16 Å². The van der Waals surface area contributed by atoms with Crippen molar-refractivity contribution < 1.29 is 0 Å². The average molecular weight is 309 g/mol. The first kappa shape index (κ1) is 16.1. The highest BCUT2D eigenvalue weighted by molar-refractivity contribution is 7.99. The predicted octanol–water partition coefficient (Wildman–Crippen LogP) is 1.75. The van der Waals surface area contributed by atoms with Crippen LogP contribution in [-0.4, -0.2) is 32.6 Å². The fraction of sp³-hybridized carbons (Fsp3) is 0.786. The Morgan fingerprint density at radius 3 is 3.10 bits per heavy atom. The lowest BCUT2D eigenvalue weighted by atomic mass is 9.86. The molecule has 1 saturated carbocycles. The number of H-pyrrole nitrogens is 1. The van der Waals surface area contributed by atoms with Gasteiger partial charge in [-0.15, -0.1) is 5.10 Å². The third kappa shape index (κ3) is 3.33. The second-order valence-corrected chi connectivity index (χ2v) is 6.46. The van der Waals surface area contributed by atoms with Gasteiger partial charge in [0.2, 0.25) is 0 Å². The second-order valence-electron chi connectivity index (χ2n) is 5.40. The van der Waals surface area contributed by atoms with Crippen LogP contribution in [0.1, 0.15) is 39.5 Å². The van der Waals surface area contributed by atoms with Gasteiger partial charge in [-0.05, 0) is 38.6 Å². The number of nitrogens with one attached hydrogen (secondary N) is 2. The van der Waals surface area contributed by atoms with Gasteiger partial charge in [0.05, 0.1) is 6.07 Å². The highest BCUT2D eigenvalue weighted by Crippen LogP contribution is 2.38. The maximum atomic E-state index is 11.5. The predicted molar refractivity (Wildman–Crippen MR) is 83.2 cm³/mol. The highest BCUT2D eigenvalue weighted by atomic mass is 32.2. The summed E-state index contributed by atoms with van der Waals surface area (Å²) in [5.74, 6) is 1.26. The summed E-state index contributed by atoms with van der Waals surface area (Å²) in [5, 5.41) is 20.2. The van der Waals surface area contributed by atoms with Gasteiger partial charge in [-0.3, -0.25) is 9.88 Å². The van der Waals surface area contributed by atoms with Crippen LogP contribution in [0.25, 0.3) is 0 Å². The smallest absolute Gasteiger partial charge is 0.299 e. The van der Waals surface area contributed by atoms with Crippen molar-refractivity contribution in [1.82, 2.24) is 20.1 Å². The van der Waals surface area contributed by atoms with E-state index in [4.69, 9.17) is 0 Å². The lowest BCUT2D eigenvalue weighted by Crippen LogP contribution is -2.47. The molecule has 0 saturated heterocycles. The number of thioether (sulfide) groups is 1. The number of hydrogen-bond donors (Lipinski definition) is 2. The lowest BCUT2D eigenvalue weighted by molar-refractivity contribution is 0.317. The van der Waals surface area contributed by atoms with E-state index < -0.39 is 0 Å². The van der Waals surface area contributed by atoms with Gasteiger partial charge < -0.3 is 0 Å². The van der Waals surface area contributed by atoms with Gasteiger partial charge >= 0.3 is 5.69 Å². The van der Waals surface area contributed by atoms with Crippen LogP contribution in [0.5, 0.6) is 0 Å². The zero-order chi connectivity index (χ0) is 15.3. The minimum absolute atomic E-state index is 0.153. The summed E-state index contributed by atoms with van der Waals surface area (Å²) in [7, 11) is 0. The van der Waals surface area contributed by atoms with E-state index in [0.717, 1.165) is 43.1 Å². The molecule has 1 fully saturated rings. The Bertz CT molecular complexity index is 560. The van der Waals surface area contributed by atoms with E-state index in [0.29, 0.717) is 12.5 Å². The molecule has 1 heterocycles. The molecule has 0 aromatic carbocycles. The largest absolute Gasteiger partial charge is 0.343 e. The molecule has 1 aliphatic carbocycles. The minimum Gasteiger partial charge on any atom is -0.299 e. The van der Waals surface area contributed by atoms with Crippen molar-refractivity contribution in [2.24, 2.45) is 5.92 Å². The standard InChI is InChI=1S/C14H23N5OS/c1-3-16-14(10-15)8-5-6-11(14)7-9-21-13-18-17-12(20)19(13)4-2/h11,16H,3-9H2,1-2H3,(H,17,20). The van der Waals surface area contributed by atoms with Crippen molar-refractivity contribution in [3.05, 3.63) is 10.5 Å². The summed E-state index contributed by atoms with van der Waals surface area (Å²) >= 11 is 1.59. The van der Waals surface area contributed by atoms with Crippen LogP contribution in [0, 0.1) is 17.2 Å². The number of nitriles is 1. The zero-order valence-electron chi connectivity index (χ0n) is 12.7. The van der Waals surface area contributed by atoms with E-state index in [-0.39, 0.29) is 11.2 Å². The molecule has 2 atom stereocenters. The van der Waals surface area contributed by atoms with E-state index in [1.165, 1.54) is 0 Å². The summed E-state index contributed by atoms with van der Waals surface area (Å²) in [5.41, 5.74) is -0.509. The van der Waals surface area contributed by atoms with Gasteiger partial charge in [0.1, 0.15) is 5.54 Å². The Balaban J connectivity index is 1.93. The Kier molecular flexibility index (Phi) is 5.48. The molecule has 0 bridgehead atoms. The molecule has 116 valence electrons. The maximum Gasteiger partial charge on any atom is 0.343 e. The van der Waals surface area contributed by atoms with E-state index in [1.54, 1.807) is 16.3 Å². The number of nitrogens with zero attached hydrogens (tertiary/aromatic N) is 3. The van der Waals surface area contributed by atoms with Gasteiger partial charge in [0.25, 0.3) is 0 Å². The number of aromatic amines is 1. The fourth-order valence-electron chi connectivity index (χ4n) is 3.19. The van der Waals surface area contributed by atoms with Gasteiger partial charge in [0, 0.05) is 12.3 Å². The van der Waals surface area contributed by atoms with Crippen LogP contribution in [0.2, 0.25) is 0 Å². The molecule has 6 nitrogen and oxygen atoms in total. The second kappa shape index (κ2) is 7.14. The third-order valence-corrected chi connectivity index (χ3v) is 5.26. The van der Waals surface area contributed by atoms with Crippen LogP contribution >= 0.6 is 11.8 Å². The van der Waals surface area contributed by atoms with Crippen molar-refractivity contribution in [1.29, 1.82) is 5.26 Å². The van der Waals surface area contributed by atoms with E-state index in [9.17, 15) is 10.1 Å². The van der Waals surface area contributed by atoms with E-state index in [2.05, 4.69) is 21.6 Å². The summed E-state index contributed by atoms with van der Waals surface area (Å²) in [6.07, 6.45) is 4.12. The van der Waals surface area contributed by atoms with Crippen LogP contribution in [0.15, 0.2) is 9.95 Å². The van der Waals surface area contributed by atoms with Crippen LogP contribution in [0.3, 0.4) is 0 Å². The Labute approximate surface area is 129 Å². The van der Waals surface area contributed by atoms with Gasteiger partial charge in [-0.2, -0.15) is 5.26 Å². The number of aromatic nitrogens is 3. The molecule has 0 radical (unpaired) electrons. The molecule has 7 heteroatoms. The maximum absolute atomic E-state index is 11.5. The first-order chi connectivity index (χ1) is 10.2. The summed E-state index contributed by atoms with van der Waals surface area (Å²) in [6, 6.07) is 2.51. The molecule has 0 spiro atoms. The van der Waals surface area contributed by atoms with Crippen molar-refractivity contribution in [2.75, 3.05) is 12.3 Å². The molecule has 0 amide bonds. The van der Waals surface area contributed by atoms with Crippen molar-refractivity contribution in [3.8, 4) is 6.07 Å². The SMILES string of the molecule is CCNC1(C#N)CCCC1CCSc1n[nH]c(=O)n1CC. The molecule has 2 unspecified atom stereocenters.